The Balaban J connectivity index is 2.01. The van der Waals surface area contributed by atoms with Crippen LogP contribution in [0.5, 0.6) is 0 Å². The van der Waals surface area contributed by atoms with Crippen molar-refractivity contribution in [3.63, 3.8) is 0 Å². The summed E-state index contributed by atoms with van der Waals surface area (Å²) in [6.07, 6.45) is 1.83. The number of nitriles is 1. The van der Waals surface area contributed by atoms with Gasteiger partial charge in [0.15, 0.2) is 11.6 Å². The molecule has 2 heterocycles. The van der Waals surface area contributed by atoms with Crippen molar-refractivity contribution in [2.45, 2.75) is 26.2 Å². The lowest BCUT2D eigenvalue weighted by Crippen LogP contribution is -1.96. The number of aromatic nitrogens is 3. The van der Waals surface area contributed by atoms with Crippen LogP contribution >= 0.6 is 0 Å². The monoisotopic (exact) mass is 262 g/mol. The van der Waals surface area contributed by atoms with Gasteiger partial charge < -0.3 is 13.8 Å². The van der Waals surface area contributed by atoms with Gasteiger partial charge in [0.05, 0.1) is 6.42 Å². The molecule has 7 nitrogen and oxygen atoms in total. The molecule has 0 aliphatic rings. The maximum Gasteiger partial charge on any atom is 0.232 e. The van der Waals surface area contributed by atoms with Gasteiger partial charge in [-0.15, -0.1) is 0 Å². The first kappa shape index (κ1) is 13.2. The highest BCUT2D eigenvalue weighted by Gasteiger charge is 2.16. The Hall–Kier alpha value is -2.20. The maximum absolute atomic E-state index is 8.98. The fourth-order valence-corrected chi connectivity index (χ4v) is 1.66. The molecule has 2 aromatic heterocycles. The van der Waals surface area contributed by atoms with Crippen molar-refractivity contribution >= 4 is 0 Å². The minimum absolute atomic E-state index is 0.303. The molecule has 0 saturated carbocycles. The standard InChI is InChI=1S/C12H14N4O3/c1-8-9(7-13)10(15-18-8)6-12-14-11(16-19-12)4-3-5-17-2/h3-6H2,1-2H3. The molecule has 7 heteroatoms. The van der Waals surface area contributed by atoms with Gasteiger partial charge in [0.1, 0.15) is 17.3 Å². The Labute approximate surface area is 110 Å². The predicted octanol–water partition coefficient (Wildman–Crippen LogP) is 1.41. The highest BCUT2D eigenvalue weighted by molar-refractivity contribution is 5.36. The summed E-state index contributed by atoms with van der Waals surface area (Å²) in [7, 11) is 1.65. The number of aryl methyl sites for hydroxylation is 2. The van der Waals surface area contributed by atoms with E-state index in [2.05, 4.69) is 21.4 Å². The number of hydrogen-bond donors (Lipinski definition) is 0. The van der Waals surface area contributed by atoms with Gasteiger partial charge in [-0.25, -0.2) is 0 Å². The van der Waals surface area contributed by atoms with E-state index in [1.165, 1.54) is 0 Å². The van der Waals surface area contributed by atoms with Crippen LogP contribution < -0.4 is 0 Å². The second-order valence-electron chi connectivity index (χ2n) is 4.05. The third-order valence-electron chi connectivity index (χ3n) is 2.62. The van der Waals surface area contributed by atoms with Crippen LogP contribution in [0.25, 0.3) is 0 Å². The van der Waals surface area contributed by atoms with Crippen LogP contribution in [0.4, 0.5) is 0 Å². The lowest BCUT2D eigenvalue weighted by Gasteiger charge is -1.93. The molecule has 0 unspecified atom stereocenters. The Morgan fingerprint density at radius 2 is 2.16 bits per heavy atom. The third kappa shape index (κ3) is 3.17. The smallest absolute Gasteiger partial charge is 0.232 e. The molecule has 0 N–H and O–H groups in total. The lowest BCUT2D eigenvalue weighted by molar-refractivity contribution is 0.194. The quantitative estimate of drug-likeness (QED) is 0.725. The van der Waals surface area contributed by atoms with Crippen LogP contribution in [-0.4, -0.2) is 29.0 Å². The Kier molecular flexibility index (Phi) is 4.26. The zero-order valence-corrected chi connectivity index (χ0v) is 10.8. The van der Waals surface area contributed by atoms with Gasteiger partial charge in [0.25, 0.3) is 0 Å². The van der Waals surface area contributed by atoms with Gasteiger partial charge in [-0.2, -0.15) is 10.2 Å². The summed E-state index contributed by atoms with van der Waals surface area (Å²) < 4.78 is 15.0. The van der Waals surface area contributed by atoms with Gasteiger partial charge in [0.2, 0.25) is 5.89 Å². The summed E-state index contributed by atoms with van der Waals surface area (Å²) >= 11 is 0. The molecule has 19 heavy (non-hydrogen) atoms. The van der Waals surface area contributed by atoms with Crippen LogP contribution in [0.15, 0.2) is 9.05 Å². The largest absolute Gasteiger partial charge is 0.385 e. The van der Waals surface area contributed by atoms with Crippen LogP contribution in [0, 0.1) is 18.3 Å². The number of ether oxygens (including phenoxy) is 1. The molecule has 0 aliphatic heterocycles. The second kappa shape index (κ2) is 6.11. The van der Waals surface area contributed by atoms with Crippen molar-refractivity contribution < 1.29 is 13.8 Å². The first-order valence-electron chi connectivity index (χ1n) is 5.90. The Bertz CT molecular complexity index is 582. The van der Waals surface area contributed by atoms with E-state index in [0.717, 1.165) is 6.42 Å². The van der Waals surface area contributed by atoms with E-state index in [0.29, 0.717) is 48.2 Å². The van der Waals surface area contributed by atoms with Gasteiger partial charge in [-0.05, 0) is 13.3 Å². The van der Waals surface area contributed by atoms with E-state index in [4.69, 9.17) is 19.0 Å². The van der Waals surface area contributed by atoms with E-state index in [9.17, 15) is 0 Å². The van der Waals surface area contributed by atoms with Crippen molar-refractivity contribution in [3.05, 3.63) is 28.7 Å². The molecule has 2 rings (SSSR count). The maximum atomic E-state index is 8.98. The average molecular weight is 262 g/mol. The number of hydrogen-bond acceptors (Lipinski definition) is 7. The van der Waals surface area contributed by atoms with Crippen molar-refractivity contribution in [1.82, 2.24) is 15.3 Å². The SMILES string of the molecule is COCCCc1noc(Cc2noc(C)c2C#N)n1. The summed E-state index contributed by atoms with van der Waals surface area (Å²) in [5, 5.41) is 16.7. The normalized spacial score (nSPS) is 10.6. The number of rotatable bonds is 6. The van der Waals surface area contributed by atoms with E-state index in [-0.39, 0.29) is 0 Å². The zero-order chi connectivity index (χ0) is 13.7. The summed E-state index contributed by atoms with van der Waals surface area (Å²) in [4.78, 5) is 4.24. The van der Waals surface area contributed by atoms with Crippen LogP contribution in [0.1, 0.15) is 35.2 Å². The minimum Gasteiger partial charge on any atom is -0.385 e. The molecule has 2 aromatic rings. The van der Waals surface area contributed by atoms with E-state index < -0.39 is 0 Å². The van der Waals surface area contributed by atoms with E-state index in [1.807, 2.05) is 0 Å². The van der Waals surface area contributed by atoms with Crippen LogP contribution in [0.2, 0.25) is 0 Å². The second-order valence-corrected chi connectivity index (χ2v) is 4.05. The van der Waals surface area contributed by atoms with Gasteiger partial charge in [-0.1, -0.05) is 10.3 Å². The fourth-order valence-electron chi connectivity index (χ4n) is 1.66. The summed E-state index contributed by atoms with van der Waals surface area (Å²) in [6, 6.07) is 2.05. The first-order valence-corrected chi connectivity index (χ1v) is 5.90. The van der Waals surface area contributed by atoms with Gasteiger partial charge in [-0.3, -0.25) is 0 Å². The van der Waals surface area contributed by atoms with Gasteiger partial charge in [0, 0.05) is 20.1 Å². The number of methoxy groups -OCH3 is 1. The molecule has 0 aliphatic carbocycles. The Morgan fingerprint density at radius 3 is 2.89 bits per heavy atom. The molecule has 100 valence electrons. The number of nitrogens with zero attached hydrogens (tertiary/aromatic N) is 4. The molecule has 0 atom stereocenters. The highest BCUT2D eigenvalue weighted by atomic mass is 16.5. The Morgan fingerprint density at radius 1 is 1.32 bits per heavy atom. The molecule has 0 aromatic carbocycles. The van der Waals surface area contributed by atoms with Crippen LogP contribution in [-0.2, 0) is 17.6 Å². The molecule has 0 saturated heterocycles. The minimum atomic E-state index is 0.303. The van der Waals surface area contributed by atoms with Crippen molar-refractivity contribution in [2.24, 2.45) is 0 Å². The molecule has 0 radical (unpaired) electrons. The zero-order valence-electron chi connectivity index (χ0n) is 10.8. The average Bonchev–Trinajstić information content (AvgIpc) is 2.98. The third-order valence-corrected chi connectivity index (χ3v) is 2.62. The predicted molar refractivity (Wildman–Crippen MR) is 63.3 cm³/mol. The van der Waals surface area contributed by atoms with Crippen molar-refractivity contribution in [2.75, 3.05) is 13.7 Å². The molecule has 0 fully saturated rings. The van der Waals surface area contributed by atoms with Gasteiger partial charge >= 0.3 is 0 Å². The van der Waals surface area contributed by atoms with E-state index >= 15 is 0 Å². The molecule has 0 amide bonds. The van der Waals surface area contributed by atoms with E-state index in [1.54, 1.807) is 14.0 Å². The first-order chi connectivity index (χ1) is 9.24. The molecular weight excluding hydrogens is 248 g/mol. The molecule has 0 spiro atoms. The summed E-state index contributed by atoms with van der Waals surface area (Å²) in [6.45, 7) is 2.35. The lowest BCUT2D eigenvalue weighted by atomic mass is 10.2. The topological polar surface area (TPSA) is 98.0 Å². The molecular formula is C12H14N4O3. The summed E-state index contributed by atoms with van der Waals surface area (Å²) in [5.41, 5.74) is 0.950. The fraction of sp³-hybridized carbons (Fsp3) is 0.500. The van der Waals surface area contributed by atoms with Crippen molar-refractivity contribution in [1.29, 1.82) is 5.26 Å². The summed E-state index contributed by atoms with van der Waals surface area (Å²) in [5.74, 6) is 1.56. The van der Waals surface area contributed by atoms with Crippen LogP contribution in [0.3, 0.4) is 0 Å². The highest BCUT2D eigenvalue weighted by Crippen LogP contribution is 2.15. The van der Waals surface area contributed by atoms with Crippen molar-refractivity contribution in [3.8, 4) is 6.07 Å². The molecule has 0 bridgehead atoms.